The molecule has 0 aliphatic carbocycles. The van der Waals surface area contributed by atoms with Crippen LogP contribution in [-0.4, -0.2) is 17.7 Å². The molecular formula is C34H25Cl2N3O3S2. The SMILES string of the molecule is O=C(Nc1ccc(SC(C(=O)Nc2ccc(Cl)c(Cl)c2)c2ccccc2)cc1)/C(=C/c1cccs1)NC(=O)c1ccccc1. The largest absolute Gasteiger partial charge is 0.325 e. The van der Waals surface area contributed by atoms with E-state index < -0.39 is 11.2 Å². The zero-order valence-electron chi connectivity index (χ0n) is 23.0. The summed E-state index contributed by atoms with van der Waals surface area (Å²) in [5, 5.41) is 10.6. The maximum Gasteiger partial charge on any atom is 0.272 e. The first-order valence-corrected chi connectivity index (χ1v) is 15.9. The zero-order valence-corrected chi connectivity index (χ0v) is 26.1. The molecule has 0 fully saturated rings. The van der Waals surface area contributed by atoms with Gasteiger partial charge in [-0.1, -0.05) is 77.8 Å². The number of hydrogen-bond donors (Lipinski definition) is 3. The summed E-state index contributed by atoms with van der Waals surface area (Å²) in [4.78, 5) is 41.2. The fraction of sp³-hybridized carbons (Fsp3) is 0.0294. The van der Waals surface area contributed by atoms with Gasteiger partial charge in [-0.3, -0.25) is 14.4 Å². The number of thiophene rings is 1. The summed E-state index contributed by atoms with van der Waals surface area (Å²) in [7, 11) is 0. The lowest BCUT2D eigenvalue weighted by atomic mass is 10.1. The van der Waals surface area contributed by atoms with Crippen molar-refractivity contribution >= 4 is 81.5 Å². The second kappa shape index (κ2) is 14.9. The Bertz CT molecular complexity index is 1780. The molecule has 6 nitrogen and oxygen atoms in total. The summed E-state index contributed by atoms with van der Waals surface area (Å²) < 4.78 is 0. The molecule has 1 heterocycles. The lowest BCUT2D eigenvalue weighted by Gasteiger charge is -2.18. The first kappa shape index (κ1) is 31.1. The first-order chi connectivity index (χ1) is 21.4. The van der Waals surface area contributed by atoms with Crippen LogP contribution in [0, 0.1) is 0 Å². The lowest BCUT2D eigenvalue weighted by Crippen LogP contribution is -2.30. The van der Waals surface area contributed by atoms with E-state index in [1.54, 1.807) is 60.7 Å². The topological polar surface area (TPSA) is 87.3 Å². The van der Waals surface area contributed by atoms with Crippen LogP contribution in [0.4, 0.5) is 11.4 Å². The molecule has 44 heavy (non-hydrogen) atoms. The van der Waals surface area contributed by atoms with Crippen LogP contribution in [0.3, 0.4) is 0 Å². The Labute approximate surface area is 273 Å². The van der Waals surface area contributed by atoms with Gasteiger partial charge in [0.15, 0.2) is 0 Å². The molecule has 10 heteroatoms. The van der Waals surface area contributed by atoms with Gasteiger partial charge >= 0.3 is 0 Å². The van der Waals surface area contributed by atoms with Crippen LogP contribution in [0.15, 0.2) is 131 Å². The molecule has 4 aromatic carbocycles. The van der Waals surface area contributed by atoms with Crippen molar-refractivity contribution in [3.8, 4) is 0 Å². The third-order valence-corrected chi connectivity index (χ3v) is 9.08. The lowest BCUT2D eigenvalue weighted by molar-refractivity contribution is -0.116. The van der Waals surface area contributed by atoms with E-state index >= 15 is 0 Å². The molecule has 0 aliphatic rings. The number of carbonyl (C=O) groups excluding carboxylic acids is 3. The molecule has 3 amide bonds. The summed E-state index contributed by atoms with van der Waals surface area (Å²) in [6, 6.07) is 34.0. The number of nitrogens with one attached hydrogen (secondary N) is 3. The van der Waals surface area contributed by atoms with E-state index in [2.05, 4.69) is 16.0 Å². The van der Waals surface area contributed by atoms with E-state index in [0.717, 1.165) is 15.3 Å². The summed E-state index contributed by atoms with van der Waals surface area (Å²) in [6.07, 6.45) is 1.64. The Morgan fingerprint density at radius 1 is 0.727 bits per heavy atom. The highest BCUT2D eigenvalue weighted by atomic mass is 35.5. The van der Waals surface area contributed by atoms with Crippen LogP contribution >= 0.6 is 46.3 Å². The normalized spacial score (nSPS) is 11.8. The molecule has 5 rings (SSSR count). The second-order valence-corrected chi connectivity index (χ2v) is 12.4. The predicted octanol–water partition coefficient (Wildman–Crippen LogP) is 8.94. The molecule has 3 N–H and O–H groups in total. The Kier molecular flexibility index (Phi) is 10.5. The van der Waals surface area contributed by atoms with Crippen molar-refractivity contribution in [2.45, 2.75) is 10.1 Å². The molecule has 1 atom stereocenters. The highest BCUT2D eigenvalue weighted by molar-refractivity contribution is 8.00. The summed E-state index contributed by atoms with van der Waals surface area (Å²) in [5.74, 6) is -1.08. The maximum atomic E-state index is 13.4. The van der Waals surface area contributed by atoms with Crippen molar-refractivity contribution in [2.24, 2.45) is 0 Å². The van der Waals surface area contributed by atoms with Crippen molar-refractivity contribution in [2.75, 3.05) is 10.6 Å². The van der Waals surface area contributed by atoms with E-state index in [4.69, 9.17) is 23.2 Å². The van der Waals surface area contributed by atoms with E-state index in [1.807, 2.05) is 66.0 Å². The van der Waals surface area contributed by atoms with Gasteiger partial charge in [0.05, 0.1) is 10.0 Å². The molecule has 0 aliphatic heterocycles. The fourth-order valence-corrected chi connectivity index (χ4v) is 6.07. The molecule has 5 aromatic rings. The Balaban J connectivity index is 1.30. The number of thioether (sulfide) groups is 1. The number of anilines is 2. The zero-order chi connectivity index (χ0) is 30.9. The van der Waals surface area contributed by atoms with Crippen molar-refractivity contribution in [1.82, 2.24) is 5.32 Å². The number of benzene rings is 4. The van der Waals surface area contributed by atoms with Gasteiger partial charge in [0, 0.05) is 26.7 Å². The molecule has 0 radical (unpaired) electrons. The van der Waals surface area contributed by atoms with Crippen LogP contribution in [0.1, 0.15) is 26.0 Å². The standard InChI is InChI=1S/C34H25Cl2N3O3S2/c35-28-18-15-25(20-29(28)36)38-34(42)31(22-8-3-1-4-9-22)44-26-16-13-24(14-17-26)37-33(41)30(21-27-12-7-19-43-27)39-32(40)23-10-5-2-6-11-23/h1-21,31H,(H,37,41)(H,38,42)(H,39,40)/b30-21-. The van der Waals surface area contributed by atoms with E-state index in [-0.39, 0.29) is 17.5 Å². The van der Waals surface area contributed by atoms with Crippen molar-refractivity contribution in [3.05, 3.63) is 152 Å². The minimum absolute atomic E-state index is 0.114. The van der Waals surface area contributed by atoms with Gasteiger partial charge in [-0.25, -0.2) is 0 Å². The summed E-state index contributed by atoms with van der Waals surface area (Å²) in [6.45, 7) is 0. The van der Waals surface area contributed by atoms with Crippen LogP contribution in [-0.2, 0) is 9.59 Å². The summed E-state index contributed by atoms with van der Waals surface area (Å²) >= 11 is 15.0. The van der Waals surface area contributed by atoms with Gasteiger partial charge in [0.25, 0.3) is 11.8 Å². The molecule has 1 aromatic heterocycles. The Hall–Kier alpha value is -4.34. The highest BCUT2D eigenvalue weighted by Crippen LogP contribution is 2.37. The molecule has 0 saturated heterocycles. The van der Waals surface area contributed by atoms with E-state index in [1.165, 1.54) is 23.1 Å². The predicted molar refractivity (Wildman–Crippen MR) is 181 cm³/mol. The van der Waals surface area contributed by atoms with Gasteiger partial charge in [0.1, 0.15) is 10.9 Å². The van der Waals surface area contributed by atoms with Crippen LogP contribution in [0.25, 0.3) is 6.08 Å². The molecule has 0 spiro atoms. The number of carbonyl (C=O) groups is 3. The van der Waals surface area contributed by atoms with Gasteiger partial charge < -0.3 is 16.0 Å². The summed E-state index contributed by atoms with van der Waals surface area (Å²) in [5.41, 5.74) is 2.44. The third kappa shape index (κ3) is 8.39. The Morgan fingerprint density at radius 3 is 2.07 bits per heavy atom. The number of halogens is 2. The van der Waals surface area contributed by atoms with Crippen LogP contribution < -0.4 is 16.0 Å². The average molecular weight is 659 g/mol. The minimum Gasteiger partial charge on any atom is -0.325 e. The minimum atomic E-state index is -0.570. The molecule has 1 unspecified atom stereocenters. The van der Waals surface area contributed by atoms with Crippen LogP contribution in [0.5, 0.6) is 0 Å². The fourth-order valence-electron chi connectivity index (χ4n) is 4.09. The molecule has 0 saturated carbocycles. The molecule has 220 valence electrons. The molecule has 0 bridgehead atoms. The third-order valence-electron chi connectivity index (χ3n) is 6.25. The maximum absolute atomic E-state index is 13.4. The van der Waals surface area contributed by atoms with Gasteiger partial charge in [-0.2, -0.15) is 0 Å². The highest BCUT2D eigenvalue weighted by Gasteiger charge is 2.23. The smallest absolute Gasteiger partial charge is 0.272 e. The average Bonchev–Trinajstić information content (AvgIpc) is 3.56. The van der Waals surface area contributed by atoms with Crippen molar-refractivity contribution < 1.29 is 14.4 Å². The monoisotopic (exact) mass is 657 g/mol. The number of hydrogen-bond acceptors (Lipinski definition) is 5. The van der Waals surface area contributed by atoms with Crippen molar-refractivity contribution in [3.63, 3.8) is 0 Å². The first-order valence-electron chi connectivity index (χ1n) is 13.4. The Morgan fingerprint density at radius 2 is 1.41 bits per heavy atom. The van der Waals surface area contributed by atoms with Gasteiger partial charge in [-0.15, -0.1) is 23.1 Å². The van der Waals surface area contributed by atoms with E-state index in [9.17, 15) is 14.4 Å². The van der Waals surface area contributed by atoms with Gasteiger partial charge in [0.2, 0.25) is 5.91 Å². The van der Waals surface area contributed by atoms with E-state index in [0.29, 0.717) is 27.0 Å². The van der Waals surface area contributed by atoms with Crippen molar-refractivity contribution in [1.29, 1.82) is 0 Å². The molecular weight excluding hydrogens is 633 g/mol. The van der Waals surface area contributed by atoms with Gasteiger partial charge in [-0.05, 0) is 77.7 Å². The second-order valence-electron chi connectivity index (χ2n) is 9.40. The van der Waals surface area contributed by atoms with Crippen LogP contribution in [0.2, 0.25) is 10.0 Å². The quantitative estimate of drug-likeness (QED) is 0.103. The number of rotatable bonds is 10. The number of amides is 3.